The van der Waals surface area contributed by atoms with Gasteiger partial charge in [-0.05, 0) is 15.9 Å². The monoisotopic (exact) mass is 268 g/mol. The van der Waals surface area contributed by atoms with Crippen molar-refractivity contribution in [3.63, 3.8) is 0 Å². The zero-order valence-electron chi connectivity index (χ0n) is 8.07. The molecule has 0 aliphatic heterocycles. The molecule has 0 amide bonds. The Balaban J connectivity index is 2.53. The standard InChI is InChI=1S/C9H9BrN4O/c1-2-7-12-8(3-9(15)13-7)14-5-6(10)4-11-14/h3-5H,2H2,1H3,(H,12,13,15). The molecule has 15 heavy (non-hydrogen) atoms. The third-order valence-electron chi connectivity index (χ3n) is 1.90. The van der Waals surface area contributed by atoms with Crippen LogP contribution in [0.25, 0.3) is 5.82 Å². The maximum atomic E-state index is 11.3. The Labute approximate surface area is 94.3 Å². The molecule has 1 N–H and O–H groups in total. The van der Waals surface area contributed by atoms with E-state index in [1.54, 1.807) is 17.1 Å². The van der Waals surface area contributed by atoms with Gasteiger partial charge in [-0.2, -0.15) is 5.10 Å². The minimum Gasteiger partial charge on any atom is -0.310 e. The second-order valence-corrected chi connectivity index (χ2v) is 3.92. The SMILES string of the molecule is CCc1nc(-n2cc(Br)cn2)cc(=O)[nH]1. The maximum Gasteiger partial charge on any atom is 0.253 e. The highest BCUT2D eigenvalue weighted by Gasteiger charge is 2.03. The van der Waals surface area contributed by atoms with Crippen LogP contribution in [0.2, 0.25) is 0 Å². The minimum absolute atomic E-state index is 0.163. The van der Waals surface area contributed by atoms with Crippen LogP contribution in [-0.4, -0.2) is 19.7 Å². The molecule has 0 saturated heterocycles. The molecule has 78 valence electrons. The highest BCUT2D eigenvalue weighted by atomic mass is 79.9. The summed E-state index contributed by atoms with van der Waals surface area (Å²) in [4.78, 5) is 18.2. The molecule has 5 nitrogen and oxygen atoms in total. The number of nitrogens with one attached hydrogen (secondary N) is 1. The zero-order chi connectivity index (χ0) is 10.8. The predicted molar refractivity (Wildman–Crippen MR) is 59.1 cm³/mol. The first-order valence-electron chi connectivity index (χ1n) is 4.50. The fourth-order valence-corrected chi connectivity index (χ4v) is 1.49. The van der Waals surface area contributed by atoms with E-state index in [1.807, 2.05) is 6.92 Å². The fraction of sp³-hybridized carbons (Fsp3) is 0.222. The van der Waals surface area contributed by atoms with E-state index in [2.05, 4.69) is 31.0 Å². The molecule has 6 heteroatoms. The van der Waals surface area contributed by atoms with Crippen LogP contribution in [0.5, 0.6) is 0 Å². The van der Waals surface area contributed by atoms with E-state index in [0.29, 0.717) is 18.1 Å². The summed E-state index contributed by atoms with van der Waals surface area (Å²) >= 11 is 3.29. The smallest absolute Gasteiger partial charge is 0.253 e. The number of hydrogen-bond donors (Lipinski definition) is 1. The first kappa shape index (κ1) is 10.1. The number of aromatic amines is 1. The largest absolute Gasteiger partial charge is 0.310 e. The van der Waals surface area contributed by atoms with Gasteiger partial charge >= 0.3 is 0 Å². The second-order valence-electron chi connectivity index (χ2n) is 3.01. The number of hydrogen-bond acceptors (Lipinski definition) is 3. The lowest BCUT2D eigenvalue weighted by molar-refractivity contribution is 0.805. The van der Waals surface area contributed by atoms with E-state index in [1.165, 1.54) is 6.07 Å². The fourth-order valence-electron chi connectivity index (χ4n) is 1.20. The lowest BCUT2D eigenvalue weighted by atomic mass is 10.4. The van der Waals surface area contributed by atoms with Gasteiger partial charge in [-0.3, -0.25) is 4.79 Å². The van der Waals surface area contributed by atoms with Crippen molar-refractivity contribution in [3.05, 3.63) is 39.1 Å². The van der Waals surface area contributed by atoms with Crippen LogP contribution < -0.4 is 5.56 Å². The van der Waals surface area contributed by atoms with Crippen LogP contribution in [-0.2, 0) is 6.42 Å². The summed E-state index contributed by atoms with van der Waals surface area (Å²) in [7, 11) is 0. The number of halogens is 1. The van der Waals surface area contributed by atoms with Crippen LogP contribution in [0.1, 0.15) is 12.7 Å². The van der Waals surface area contributed by atoms with Gasteiger partial charge in [-0.1, -0.05) is 6.92 Å². The topological polar surface area (TPSA) is 63.6 Å². The Hall–Kier alpha value is -1.43. The van der Waals surface area contributed by atoms with Crippen molar-refractivity contribution in [1.82, 2.24) is 19.7 Å². The molecule has 2 heterocycles. The molecule has 0 bridgehead atoms. The lowest BCUT2D eigenvalue weighted by Crippen LogP contribution is -2.13. The van der Waals surface area contributed by atoms with Crippen molar-refractivity contribution in [2.24, 2.45) is 0 Å². The quantitative estimate of drug-likeness (QED) is 0.893. The van der Waals surface area contributed by atoms with Gasteiger partial charge in [-0.15, -0.1) is 0 Å². The Bertz CT molecular complexity index is 531. The summed E-state index contributed by atoms with van der Waals surface area (Å²) in [6.07, 6.45) is 4.08. The number of H-pyrrole nitrogens is 1. The molecule has 0 saturated carbocycles. The Morgan fingerprint density at radius 1 is 1.60 bits per heavy atom. The summed E-state index contributed by atoms with van der Waals surface area (Å²) in [6, 6.07) is 1.42. The number of aromatic nitrogens is 4. The molecule has 0 radical (unpaired) electrons. The van der Waals surface area contributed by atoms with Crippen molar-refractivity contribution in [3.8, 4) is 5.82 Å². The predicted octanol–water partition coefficient (Wildman–Crippen LogP) is 1.28. The summed E-state index contributed by atoms with van der Waals surface area (Å²) in [5.41, 5.74) is -0.163. The highest BCUT2D eigenvalue weighted by Crippen LogP contribution is 2.09. The third kappa shape index (κ3) is 2.15. The summed E-state index contributed by atoms with van der Waals surface area (Å²) in [6.45, 7) is 1.93. The van der Waals surface area contributed by atoms with Gasteiger partial charge in [-0.25, -0.2) is 9.67 Å². The van der Waals surface area contributed by atoms with E-state index < -0.39 is 0 Å². The first-order chi connectivity index (χ1) is 7.19. The van der Waals surface area contributed by atoms with Gasteiger partial charge in [0.1, 0.15) is 5.82 Å². The van der Waals surface area contributed by atoms with Gasteiger partial charge in [0.2, 0.25) is 0 Å². The normalized spacial score (nSPS) is 10.5. The maximum absolute atomic E-state index is 11.3. The molecule has 0 fully saturated rings. The van der Waals surface area contributed by atoms with Crippen molar-refractivity contribution in [2.75, 3.05) is 0 Å². The molecule has 0 unspecified atom stereocenters. The number of aryl methyl sites for hydroxylation is 1. The van der Waals surface area contributed by atoms with Crippen molar-refractivity contribution < 1.29 is 0 Å². The van der Waals surface area contributed by atoms with Gasteiger partial charge in [0.25, 0.3) is 5.56 Å². The number of nitrogens with zero attached hydrogens (tertiary/aromatic N) is 3. The average Bonchev–Trinajstić information content (AvgIpc) is 2.64. The lowest BCUT2D eigenvalue weighted by Gasteiger charge is -2.01. The molecule has 2 aromatic heterocycles. The van der Waals surface area contributed by atoms with Crippen LogP contribution in [0.15, 0.2) is 27.7 Å². The van der Waals surface area contributed by atoms with Gasteiger partial charge in [0.15, 0.2) is 5.82 Å². The Morgan fingerprint density at radius 3 is 3.00 bits per heavy atom. The van der Waals surface area contributed by atoms with Crippen LogP contribution in [0.4, 0.5) is 0 Å². The summed E-state index contributed by atoms with van der Waals surface area (Å²) < 4.78 is 2.40. The average molecular weight is 269 g/mol. The van der Waals surface area contributed by atoms with E-state index in [-0.39, 0.29) is 5.56 Å². The molecule has 0 spiro atoms. The summed E-state index contributed by atoms with van der Waals surface area (Å²) in [5, 5.41) is 4.06. The van der Waals surface area contributed by atoms with Crippen LogP contribution in [0.3, 0.4) is 0 Å². The molecule has 0 aliphatic rings. The van der Waals surface area contributed by atoms with Crippen LogP contribution >= 0.6 is 15.9 Å². The molecule has 2 aromatic rings. The van der Waals surface area contributed by atoms with Gasteiger partial charge < -0.3 is 4.98 Å². The van der Waals surface area contributed by atoms with Crippen molar-refractivity contribution in [2.45, 2.75) is 13.3 Å². The molecular weight excluding hydrogens is 260 g/mol. The molecule has 2 rings (SSSR count). The van der Waals surface area contributed by atoms with E-state index >= 15 is 0 Å². The molecule has 0 aliphatic carbocycles. The highest BCUT2D eigenvalue weighted by molar-refractivity contribution is 9.10. The van der Waals surface area contributed by atoms with Crippen LogP contribution in [0, 0.1) is 0 Å². The molecular formula is C9H9BrN4O. The summed E-state index contributed by atoms with van der Waals surface area (Å²) in [5.74, 6) is 1.19. The molecule has 0 atom stereocenters. The number of rotatable bonds is 2. The van der Waals surface area contributed by atoms with E-state index in [0.717, 1.165) is 4.47 Å². The minimum atomic E-state index is -0.163. The van der Waals surface area contributed by atoms with Gasteiger partial charge in [0.05, 0.1) is 10.7 Å². The Kier molecular flexibility index (Phi) is 2.68. The van der Waals surface area contributed by atoms with E-state index in [4.69, 9.17) is 0 Å². The first-order valence-corrected chi connectivity index (χ1v) is 5.29. The Morgan fingerprint density at radius 2 is 2.40 bits per heavy atom. The van der Waals surface area contributed by atoms with Gasteiger partial charge in [0, 0.05) is 18.7 Å². The zero-order valence-corrected chi connectivity index (χ0v) is 9.65. The van der Waals surface area contributed by atoms with Crippen molar-refractivity contribution >= 4 is 15.9 Å². The van der Waals surface area contributed by atoms with Crippen molar-refractivity contribution in [1.29, 1.82) is 0 Å². The third-order valence-corrected chi connectivity index (χ3v) is 2.31. The molecule has 0 aromatic carbocycles. The second kappa shape index (κ2) is 3.98. The van der Waals surface area contributed by atoms with E-state index in [9.17, 15) is 4.79 Å².